The van der Waals surface area contributed by atoms with Gasteiger partial charge in [-0.15, -0.1) is 0 Å². The summed E-state index contributed by atoms with van der Waals surface area (Å²) < 4.78 is 67.6. The summed E-state index contributed by atoms with van der Waals surface area (Å²) in [7, 11) is -9.86. The van der Waals surface area contributed by atoms with Crippen LogP contribution in [0.4, 0.5) is 0 Å². The maximum atomic E-state index is 12.9. The Kier molecular flexibility index (Phi) is 53.9. The average molecular weight is 1170 g/mol. The highest BCUT2D eigenvalue weighted by Gasteiger charge is 2.30. The summed E-state index contributed by atoms with van der Waals surface area (Å²) in [6.07, 6.45) is 39.3. The fourth-order valence-electron chi connectivity index (χ4n) is 8.93. The van der Waals surface area contributed by atoms with E-state index in [-0.39, 0.29) is 25.7 Å². The maximum Gasteiger partial charge on any atom is 0.472 e. The van der Waals surface area contributed by atoms with Crippen LogP contribution in [0.25, 0.3) is 0 Å². The van der Waals surface area contributed by atoms with E-state index in [1.165, 1.54) is 122 Å². The van der Waals surface area contributed by atoms with Gasteiger partial charge in [-0.1, -0.05) is 252 Å². The smallest absolute Gasteiger partial charge is 0.462 e. The van der Waals surface area contributed by atoms with Crippen LogP contribution in [0.1, 0.15) is 304 Å². The predicted octanol–water partition coefficient (Wildman–Crippen LogP) is 16.4. The number of ether oxygens (including phenoxy) is 4. The van der Waals surface area contributed by atoms with E-state index in [4.69, 9.17) is 37.0 Å². The topological polar surface area (TPSA) is 237 Å². The van der Waals surface area contributed by atoms with Gasteiger partial charge >= 0.3 is 39.5 Å². The molecule has 3 N–H and O–H groups in total. The molecule has 0 aromatic carbocycles. The Morgan fingerprint density at radius 1 is 0.304 bits per heavy atom. The quantitative estimate of drug-likeness (QED) is 0.0222. The molecule has 79 heavy (non-hydrogen) atoms. The standard InChI is InChI=1S/C60H116O17P2/c1-5-9-13-17-20-23-25-27-29-31-34-37-41-45-58(63)71-51-56(77-60(65)47-43-39-35-32-30-28-26-24-21-18-14-10-6-2)53-75-79(68,69)73-49-54(61)48-72-78(66,67)74-52-55(50-70-57(62)44-40-36-16-12-8-4)76-59(64)46-42-38-33-22-19-15-11-7-3/h54-56,61H,5-53H2,1-4H3,(H,66,67)(H,68,69)/t54-,55+,56+/m0/s1. The van der Waals surface area contributed by atoms with Crippen molar-refractivity contribution in [2.45, 2.75) is 322 Å². The van der Waals surface area contributed by atoms with Gasteiger partial charge in [0.1, 0.15) is 19.3 Å². The molecule has 0 spiro atoms. The molecule has 0 aliphatic heterocycles. The van der Waals surface area contributed by atoms with Crippen molar-refractivity contribution in [1.29, 1.82) is 0 Å². The Labute approximate surface area is 479 Å². The average Bonchev–Trinajstić information content (AvgIpc) is 3.42. The number of phosphoric acid groups is 2. The summed E-state index contributed by atoms with van der Waals surface area (Å²) >= 11 is 0. The lowest BCUT2D eigenvalue weighted by molar-refractivity contribution is -0.161. The van der Waals surface area contributed by atoms with Crippen LogP contribution >= 0.6 is 15.6 Å². The van der Waals surface area contributed by atoms with Gasteiger partial charge in [-0.25, -0.2) is 9.13 Å². The van der Waals surface area contributed by atoms with Gasteiger partial charge in [0.25, 0.3) is 0 Å². The number of phosphoric ester groups is 2. The Morgan fingerprint density at radius 3 is 0.747 bits per heavy atom. The predicted molar refractivity (Wildman–Crippen MR) is 312 cm³/mol. The molecule has 0 radical (unpaired) electrons. The summed E-state index contributed by atoms with van der Waals surface area (Å²) in [6, 6.07) is 0. The van der Waals surface area contributed by atoms with Gasteiger partial charge in [0.15, 0.2) is 12.2 Å². The molecule has 0 aliphatic carbocycles. The first kappa shape index (κ1) is 77.1. The van der Waals surface area contributed by atoms with Crippen molar-refractivity contribution in [1.82, 2.24) is 0 Å². The molecular weight excluding hydrogens is 1050 g/mol. The van der Waals surface area contributed by atoms with Crippen molar-refractivity contribution in [2.75, 3.05) is 39.6 Å². The molecule has 0 aromatic rings. The number of aliphatic hydroxyl groups is 1. The van der Waals surface area contributed by atoms with E-state index in [1.54, 1.807) is 0 Å². The van der Waals surface area contributed by atoms with Gasteiger partial charge < -0.3 is 33.8 Å². The monoisotopic (exact) mass is 1170 g/mol. The summed E-state index contributed by atoms with van der Waals surface area (Å²) in [5.74, 6) is -2.15. The van der Waals surface area contributed by atoms with E-state index in [0.29, 0.717) is 25.7 Å². The van der Waals surface area contributed by atoms with Crippen LogP contribution in [0, 0.1) is 0 Å². The third-order valence-electron chi connectivity index (χ3n) is 13.9. The van der Waals surface area contributed by atoms with Gasteiger partial charge in [0.05, 0.1) is 26.4 Å². The van der Waals surface area contributed by atoms with Gasteiger partial charge in [-0.2, -0.15) is 0 Å². The summed E-state index contributed by atoms with van der Waals surface area (Å²) in [4.78, 5) is 71.7. The molecule has 2 unspecified atom stereocenters. The molecule has 0 amide bonds. The number of hydrogen-bond donors (Lipinski definition) is 3. The Morgan fingerprint density at radius 2 is 0.506 bits per heavy atom. The van der Waals surface area contributed by atoms with E-state index < -0.39 is 97.5 Å². The fraction of sp³-hybridized carbons (Fsp3) is 0.933. The van der Waals surface area contributed by atoms with Gasteiger partial charge in [0.2, 0.25) is 0 Å². The second-order valence-corrected chi connectivity index (χ2v) is 24.6. The molecule has 0 saturated carbocycles. The summed E-state index contributed by atoms with van der Waals surface area (Å²) in [5.41, 5.74) is 0. The van der Waals surface area contributed by atoms with Crippen LogP contribution in [-0.2, 0) is 65.4 Å². The zero-order valence-electron chi connectivity index (χ0n) is 50.3. The minimum Gasteiger partial charge on any atom is -0.462 e. The van der Waals surface area contributed by atoms with Crippen molar-refractivity contribution in [3.63, 3.8) is 0 Å². The number of unbranched alkanes of at least 4 members (excludes halogenated alkanes) is 35. The molecule has 468 valence electrons. The van der Waals surface area contributed by atoms with Gasteiger partial charge in [0, 0.05) is 25.7 Å². The van der Waals surface area contributed by atoms with Crippen molar-refractivity contribution in [3.8, 4) is 0 Å². The molecule has 0 bridgehead atoms. The Hall–Kier alpha value is -1.94. The second kappa shape index (κ2) is 55.3. The Balaban J connectivity index is 5.16. The number of aliphatic hydroxyl groups excluding tert-OH is 1. The largest absolute Gasteiger partial charge is 0.472 e. The van der Waals surface area contributed by atoms with Crippen LogP contribution in [0.3, 0.4) is 0 Å². The molecule has 0 aliphatic rings. The molecule has 0 aromatic heterocycles. The van der Waals surface area contributed by atoms with Crippen LogP contribution in [-0.4, -0.2) is 96.7 Å². The molecule has 17 nitrogen and oxygen atoms in total. The molecule has 0 heterocycles. The van der Waals surface area contributed by atoms with E-state index in [9.17, 15) is 43.2 Å². The SMILES string of the molecule is CCCCCCCCCCCCCCCC(=O)OC[C@H](COP(=O)(O)OC[C@@H](O)COP(=O)(O)OC[C@@H](COC(=O)CCCCCCC)OC(=O)CCCCCCCCCC)OC(=O)CCCCCCCCCCCCCCC. The minimum absolute atomic E-state index is 0.104. The first-order valence-corrected chi connectivity index (χ1v) is 34.8. The van der Waals surface area contributed by atoms with Crippen molar-refractivity contribution in [2.24, 2.45) is 0 Å². The summed E-state index contributed by atoms with van der Waals surface area (Å²) in [5, 5.41) is 10.5. The molecule has 0 rings (SSSR count). The minimum atomic E-state index is -4.94. The molecule has 19 heteroatoms. The second-order valence-electron chi connectivity index (χ2n) is 21.7. The fourth-order valence-corrected chi connectivity index (χ4v) is 10.5. The maximum absolute atomic E-state index is 12.9. The normalized spacial score (nSPS) is 14.3. The van der Waals surface area contributed by atoms with Crippen molar-refractivity contribution < 1.29 is 80.2 Å². The van der Waals surface area contributed by atoms with E-state index in [1.807, 2.05) is 0 Å². The lowest BCUT2D eigenvalue weighted by Gasteiger charge is -2.21. The third kappa shape index (κ3) is 55.0. The Bertz CT molecular complexity index is 1540. The highest BCUT2D eigenvalue weighted by atomic mass is 31.2. The highest BCUT2D eigenvalue weighted by Crippen LogP contribution is 2.45. The number of esters is 4. The highest BCUT2D eigenvalue weighted by molar-refractivity contribution is 7.47. The number of carbonyl (C=O) groups excluding carboxylic acids is 4. The molecule has 0 saturated heterocycles. The van der Waals surface area contributed by atoms with Gasteiger partial charge in [-0.3, -0.25) is 37.3 Å². The van der Waals surface area contributed by atoms with Crippen molar-refractivity contribution >= 4 is 39.5 Å². The van der Waals surface area contributed by atoms with Crippen LogP contribution in [0.2, 0.25) is 0 Å². The number of carbonyl (C=O) groups is 4. The number of hydrogen-bond acceptors (Lipinski definition) is 15. The van der Waals surface area contributed by atoms with E-state index in [2.05, 4.69) is 27.7 Å². The van der Waals surface area contributed by atoms with Gasteiger partial charge in [-0.05, 0) is 25.7 Å². The first-order valence-electron chi connectivity index (χ1n) is 31.8. The summed E-state index contributed by atoms with van der Waals surface area (Å²) in [6.45, 7) is 4.76. The van der Waals surface area contributed by atoms with Crippen LogP contribution < -0.4 is 0 Å². The molecule has 5 atom stereocenters. The first-order chi connectivity index (χ1) is 38.2. The zero-order chi connectivity index (χ0) is 58.3. The van der Waals surface area contributed by atoms with E-state index in [0.717, 1.165) is 103 Å². The van der Waals surface area contributed by atoms with Crippen LogP contribution in [0.5, 0.6) is 0 Å². The molecule has 0 fully saturated rings. The lowest BCUT2D eigenvalue weighted by Crippen LogP contribution is -2.30. The van der Waals surface area contributed by atoms with E-state index >= 15 is 0 Å². The van der Waals surface area contributed by atoms with Crippen LogP contribution in [0.15, 0.2) is 0 Å². The third-order valence-corrected chi connectivity index (χ3v) is 15.8. The molecular formula is C60H116O17P2. The van der Waals surface area contributed by atoms with Crippen molar-refractivity contribution in [3.05, 3.63) is 0 Å². The lowest BCUT2D eigenvalue weighted by atomic mass is 10.0. The zero-order valence-corrected chi connectivity index (χ0v) is 52.1. The number of rotatable bonds is 61.